The molecule has 2 aliphatic rings. The Morgan fingerprint density at radius 3 is 2.41 bits per heavy atom. The van der Waals surface area contributed by atoms with E-state index in [1.165, 1.54) is 0 Å². The molecule has 2 aliphatic heterocycles. The van der Waals surface area contributed by atoms with Crippen molar-refractivity contribution in [1.82, 2.24) is 20.0 Å². The molecule has 1 aromatic carbocycles. The zero-order chi connectivity index (χ0) is 18.7. The summed E-state index contributed by atoms with van der Waals surface area (Å²) in [5, 5.41) is 3.06. The molecule has 7 nitrogen and oxygen atoms in total. The van der Waals surface area contributed by atoms with Crippen molar-refractivity contribution < 1.29 is 14.3 Å². The van der Waals surface area contributed by atoms with Crippen LogP contribution < -0.4 is 10.1 Å². The number of hydrogen-bond acceptors (Lipinski definition) is 5. The highest BCUT2D eigenvalue weighted by Gasteiger charge is 2.20. The summed E-state index contributed by atoms with van der Waals surface area (Å²) in [6.07, 6.45) is 0.989. The molecular formula is C20H32N4O3. The van der Waals surface area contributed by atoms with Gasteiger partial charge in [0.2, 0.25) is 0 Å². The van der Waals surface area contributed by atoms with Crippen LogP contribution in [0.15, 0.2) is 30.3 Å². The number of rotatable bonds is 8. The first-order valence-electron chi connectivity index (χ1n) is 10.0. The SMILES string of the molecule is O=C(NCCCN1CCOCC1)N1CCN(CCOc2ccccc2)CC1. The molecule has 0 spiro atoms. The van der Waals surface area contributed by atoms with Crippen molar-refractivity contribution in [2.75, 3.05) is 78.7 Å². The number of amides is 2. The van der Waals surface area contributed by atoms with Gasteiger partial charge in [0.15, 0.2) is 0 Å². The second-order valence-electron chi connectivity index (χ2n) is 7.03. The maximum Gasteiger partial charge on any atom is 0.317 e. The molecule has 0 saturated carbocycles. The lowest BCUT2D eigenvalue weighted by atomic mass is 10.3. The van der Waals surface area contributed by atoms with Crippen molar-refractivity contribution in [1.29, 1.82) is 0 Å². The molecule has 0 aliphatic carbocycles. The molecule has 0 unspecified atom stereocenters. The van der Waals surface area contributed by atoms with Crippen LogP contribution in [-0.2, 0) is 4.74 Å². The molecule has 2 fully saturated rings. The number of urea groups is 1. The molecule has 2 amide bonds. The van der Waals surface area contributed by atoms with Crippen molar-refractivity contribution in [2.45, 2.75) is 6.42 Å². The first kappa shape index (κ1) is 19.9. The Kier molecular flexibility index (Phi) is 8.20. The molecule has 0 bridgehead atoms. The van der Waals surface area contributed by atoms with Crippen LogP contribution in [0.2, 0.25) is 0 Å². The van der Waals surface area contributed by atoms with Gasteiger partial charge in [0.25, 0.3) is 0 Å². The lowest BCUT2D eigenvalue weighted by molar-refractivity contribution is 0.0374. The molecule has 27 heavy (non-hydrogen) atoms. The summed E-state index contributed by atoms with van der Waals surface area (Å²) in [5.74, 6) is 0.910. The Bertz CT molecular complexity index is 543. The van der Waals surface area contributed by atoms with Crippen LogP contribution in [-0.4, -0.2) is 99.5 Å². The fraction of sp³-hybridized carbons (Fsp3) is 0.650. The third-order valence-corrected chi connectivity index (χ3v) is 5.11. The van der Waals surface area contributed by atoms with Crippen LogP contribution in [0.3, 0.4) is 0 Å². The lowest BCUT2D eigenvalue weighted by Crippen LogP contribution is -2.52. The van der Waals surface area contributed by atoms with Crippen molar-refractivity contribution in [3.8, 4) is 5.75 Å². The molecule has 1 N–H and O–H groups in total. The van der Waals surface area contributed by atoms with Gasteiger partial charge in [-0.1, -0.05) is 18.2 Å². The first-order valence-corrected chi connectivity index (χ1v) is 10.0. The van der Waals surface area contributed by atoms with E-state index in [9.17, 15) is 4.79 Å². The van der Waals surface area contributed by atoms with Gasteiger partial charge in [0.05, 0.1) is 13.2 Å². The van der Waals surface area contributed by atoms with Gasteiger partial charge in [0, 0.05) is 52.4 Å². The van der Waals surface area contributed by atoms with Crippen molar-refractivity contribution in [3.05, 3.63) is 30.3 Å². The normalized spacial score (nSPS) is 19.0. The van der Waals surface area contributed by atoms with E-state index in [4.69, 9.17) is 9.47 Å². The van der Waals surface area contributed by atoms with Gasteiger partial charge in [0.1, 0.15) is 12.4 Å². The molecule has 150 valence electrons. The highest BCUT2D eigenvalue weighted by molar-refractivity contribution is 5.74. The Morgan fingerprint density at radius 1 is 0.963 bits per heavy atom. The van der Waals surface area contributed by atoms with Gasteiger partial charge < -0.3 is 19.7 Å². The zero-order valence-corrected chi connectivity index (χ0v) is 16.1. The summed E-state index contributed by atoms with van der Waals surface area (Å²) < 4.78 is 11.1. The number of nitrogens with one attached hydrogen (secondary N) is 1. The zero-order valence-electron chi connectivity index (χ0n) is 16.1. The third-order valence-electron chi connectivity index (χ3n) is 5.11. The van der Waals surface area contributed by atoms with E-state index >= 15 is 0 Å². The minimum absolute atomic E-state index is 0.0668. The maximum atomic E-state index is 12.3. The number of piperazine rings is 1. The number of morpholine rings is 1. The molecule has 3 rings (SSSR count). The minimum atomic E-state index is 0.0668. The lowest BCUT2D eigenvalue weighted by Gasteiger charge is -2.34. The first-order chi connectivity index (χ1) is 13.3. The molecular weight excluding hydrogens is 344 g/mol. The molecule has 0 atom stereocenters. The van der Waals surface area contributed by atoms with E-state index in [2.05, 4.69) is 15.1 Å². The largest absolute Gasteiger partial charge is 0.492 e. The Hall–Kier alpha value is -1.83. The Morgan fingerprint density at radius 2 is 1.67 bits per heavy atom. The second kappa shape index (κ2) is 11.1. The van der Waals surface area contributed by atoms with E-state index in [-0.39, 0.29) is 6.03 Å². The van der Waals surface area contributed by atoms with Gasteiger partial charge >= 0.3 is 6.03 Å². The van der Waals surface area contributed by atoms with Crippen LogP contribution in [0.5, 0.6) is 5.75 Å². The Labute approximate surface area is 162 Å². The molecule has 1 aromatic rings. The minimum Gasteiger partial charge on any atom is -0.492 e. The summed E-state index contributed by atoms with van der Waals surface area (Å²) in [7, 11) is 0. The fourth-order valence-corrected chi connectivity index (χ4v) is 3.42. The second-order valence-corrected chi connectivity index (χ2v) is 7.03. The third kappa shape index (κ3) is 7.01. The highest BCUT2D eigenvalue weighted by Crippen LogP contribution is 2.08. The standard InChI is InChI=1S/C20H32N4O3/c25-20(21-7-4-8-22-13-16-26-17-14-22)24-11-9-23(10-12-24)15-18-27-19-5-2-1-3-6-19/h1-3,5-6H,4,7-18H2,(H,21,25). The summed E-state index contributed by atoms with van der Waals surface area (Å²) >= 11 is 0. The predicted octanol–water partition coefficient (Wildman–Crippen LogP) is 1.11. The summed E-state index contributed by atoms with van der Waals surface area (Å²) in [4.78, 5) is 19.0. The monoisotopic (exact) mass is 376 g/mol. The number of hydrogen-bond donors (Lipinski definition) is 1. The van der Waals surface area contributed by atoms with E-state index < -0.39 is 0 Å². The van der Waals surface area contributed by atoms with Gasteiger partial charge in [-0.05, 0) is 25.1 Å². The summed E-state index contributed by atoms with van der Waals surface area (Å²) in [6, 6.07) is 9.96. The molecule has 0 aromatic heterocycles. The molecule has 2 heterocycles. The smallest absolute Gasteiger partial charge is 0.317 e. The number of nitrogens with zero attached hydrogens (tertiary/aromatic N) is 3. The van der Waals surface area contributed by atoms with Crippen molar-refractivity contribution in [3.63, 3.8) is 0 Å². The van der Waals surface area contributed by atoms with Gasteiger partial charge in [-0.2, -0.15) is 0 Å². The van der Waals surface area contributed by atoms with E-state index in [1.54, 1.807) is 0 Å². The number of carbonyl (C=O) groups excluding carboxylic acids is 1. The van der Waals surface area contributed by atoms with Crippen LogP contribution in [0.25, 0.3) is 0 Å². The quantitative estimate of drug-likeness (QED) is 0.689. The van der Waals surface area contributed by atoms with E-state index in [1.807, 2.05) is 35.2 Å². The van der Waals surface area contributed by atoms with Crippen molar-refractivity contribution in [2.24, 2.45) is 0 Å². The topological polar surface area (TPSA) is 57.3 Å². The van der Waals surface area contributed by atoms with E-state index in [0.29, 0.717) is 6.61 Å². The Balaban J connectivity index is 1.23. The van der Waals surface area contributed by atoms with Gasteiger partial charge in [-0.25, -0.2) is 4.79 Å². The number of para-hydroxylation sites is 1. The number of carbonyl (C=O) groups is 1. The summed E-state index contributed by atoms with van der Waals surface area (Å²) in [6.45, 7) is 10.4. The van der Waals surface area contributed by atoms with Gasteiger partial charge in [-0.15, -0.1) is 0 Å². The van der Waals surface area contributed by atoms with Crippen LogP contribution in [0, 0.1) is 0 Å². The molecule has 0 radical (unpaired) electrons. The fourth-order valence-electron chi connectivity index (χ4n) is 3.42. The van der Waals surface area contributed by atoms with Crippen LogP contribution in [0.4, 0.5) is 4.79 Å². The number of benzene rings is 1. The highest BCUT2D eigenvalue weighted by atomic mass is 16.5. The van der Waals surface area contributed by atoms with Crippen molar-refractivity contribution >= 4 is 6.03 Å². The van der Waals surface area contributed by atoms with Gasteiger partial charge in [-0.3, -0.25) is 9.80 Å². The molecule has 7 heteroatoms. The predicted molar refractivity (Wildman–Crippen MR) is 105 cm³/mol. The van der Waals surface area contributed by atoms with E-state index in [0.717, 1.165) is 84.3 Å². The average molecular weight is 377 g/mol. The molecule has 2 saturated heterocycles. The maximum absolute atomic E-state index is 12.3. The summed E-state index contributed by atoms with van der Waals surface area (Å²) in [5.41, 5.74) is 0. The van der Waals surface area contributed by atoms with Crippen LogP contribution in [0.1, 0.15) is 6.42 Å². The van der Waals surface area contributed by atoms with Crippen LogP contribution >= 0.6 is 0 Å². The average Bonchev–Trinajstić information content (AvgIpc) is 2.73. The number of ether oxygens (including phenoxy) is 2.